The number of carbonyl (C=O) groups is 2. The number of nitrogens with zero attached hydrogens (tertiary/aromatic N) is 6. The zero-order valence-corrected chi connectivity index (χ0v) is 26.1. The molecule has 236 valence electrons. The number of hydrogen-bond acceptors (Lipinski definition) is 7. The number of aromatic hydroxyl groups is 1. The van der Waals surface area contributed by atoms with Crippen molar-refractivity contribution in [2.24, 2.45) is 7.05 Å². The van der Waals surface area contributed by atoms with Crippen molar-refractivity contribution in [2.75, 3.05) is 18.0 Å². The lowest BCUT2D eigenvalue weighted by Crippen LogP contribution is -2.53. The number of anilines is 1. The van der Waals surface area contributed by atoms with E-state index >= 15 is 4.39 Å². The maximum Gasteiger partial charge on any atom is 0.410 e. The van der Waals surface area contributed by atoms with Gasteiger partial charge in [0.05, 0.1) is 17.8 Å². The minimum atomic E-state index is -0.708. The number of para-hydroxylation sites is 1. The first-order chi connectivity index (χ1) is 22.0. The molecule has 0 radical (unpaired) electrons. The number of benzene rings is 3. The largest absolute Gasteiger partial charge is 0.507 e. The average molecular weight is 623 g/mol. The summed E-state index contributed by atoms with van der Waals surface area (Å²) in [5, 5.41) is 19.9. The van der Waals surface area contributed by atoms with E-state index in [1.54, 1.807) is 63.3 Å². The molecular weight excluding hydrogens is 587 g/mol. The summed E-state index contributed by atoms with van der Waals surface area (Å²) >= 11 is 0. The maximum atomic E-state index is 15.8. The van der Waals surface area contributed by atoms with Crippen LogP contribution in [-0.4, -0.2) is 66.7 Å². The first-order valence-corrected chi connectivity index (χ1v) is 15.1. The topological polar surface area (TPSA) is 114 Å². The number of rotatable bonds is 5. The lowest BCUT2D eigenvalue weighted by molar-refractivity contribution is 0.0196. The molecule has 0 saturated carbocycles. The maximum absolute atomic E-state index is 15.8. The monoisotopic (exact) mass is 622 g/mol. The smallest absolute Gasteiger partial charge is 0.410 e. The standard InChI is InChI=1S/C35H35FN6O4/c1-35(2,3)46-34(45)41-17-7-8-25(20-41)42(33(44)28-14-12-24(19-29(28)36)30-21-40(4)39-38-30)32-27-13-11-22(18-23(27)15-16-37-32)26-9-5-6-10-31(26)43/h5-6,9-16,18-19,21,25,43H,7-8,17,20H2,1-4H3/t25-/m1/s1. The summed E-state index contributed by atoms with van der Waals surface area (Å²) < 4.78 is 22.9. The molecule has 1 atom stereocenters. The number of carbonyl (C=O) groups excluding carboxylic acids is 2. The Morgan fingerprint density at radius 3 is 2.54 bits per heavy atom. The number of hydrogen-bond donors (Lipinski definition) is 1. The van der Waals surface area contributed by atoms with Crippen molar-refractivity contribution in [1.29, 1.82) is 0 Å². The van der Waals surface area contributed by atoms with Crippen molar-refractivity contribution in [2.45, 2.75) is 45.3 Å². The van der Waals surface area contributed by atoms with Crippen LogP contribution in [0.2, 0.25) is 0 Å². The average Bonchev–Trinajstić information content (AvgIpc) is 3.46. The summed E-state index contributed by atoms with van der Waals surface area (Å²) in [6.45, 7) is 6.08. The number of piperidine rings is 1. The minimum Gasteiger partial charge on any atom is -0.507 e. The Labute approximate surface area is 266 Å². The molecular formula is C35H35FN6O4. The third-order valence-corrected chi connectivity index (χ3v) is 7.92. The molecule has 0 aliphatic carbocycles. The molecule has 11 heteroatoms. The van der Waals surface area contributed by atoms with Gasteiger partial charge in [0.25, 0.3) is 5.91 Å². The summed E-state index contributed by atoms with van der Waals surface area (Å²) in [5.41, 5.74) is 1.61. The highest BCUT2D eigenvalue weighted by molar-refractivity contribution is 6.11. The van der Waals surface area contributed by atoms with E-state index in [0.717, 1.165) is 10.9 Å². The molecule has 0 bridgehead atoms. The molecule has 1 aliphatic rings. The summed E-state index contributed by atoms with van der Waals surface area (Å²) in [6, 6.07) is 18.4. The normalized spacial score (nSPS) is 15.2. The van der Waals surface area contributed by atoms with Crippen molar-refractivity contribution in [3.63, 3.8) is 0 Å². The van der Waals surface area contributed by atoms with Crippen molar-refractivity contribution in [1.82, 2.24) is 24.9 Å². The van der Waals surface area contributed by atoms with Crippen molar-refractivity contribution >= 4 is 28.6 Å². The van der Waals surface area contributed by atoms with Gasteiger partial charge in [-0.3, -0.25) is 14.4 Å². The number of aromatic nitrogens is 4. The van der Waals surface area contributed by atoms with E-state index in [0.29, 0.717) is 47.4 Å². The van der Waals surface area contributed by atoms with E-state index in [-0.39, 0.29) is 17.9 Å². The molecule has 0 spiro atoms. The van der Waals surface area contributed by atoms with Crippen LogP contribution in [0.4, 0.5) is 15.0 Å². The summed E-state index contributed by atoms with van der Waals surface area (Å²) in [6.07, 6.45) is 3.98. The van der Waals surface area contributed by atoms with Gasteiger partial charge in [-0.05, 0) is 74.9 Å². The highest BCUT2D eigenvalue weighted by Crippen LogP contribution is 2.35. The van der Waals surface area contributed by atoms with Crippen LogP contribution < -0.4 is 4.90 Å². The second-order valence-corrected chi connectivity index (χ2v) is 12.5. The third-order valence-electron chi connectivity index (χ3n) is 7.92. The molecule has 6 rings (SSSR count). The van der Waals surface area contributed by atoms with Crippen molar-refractivity contribution in [3.8, 4) is 28.1 Å². The highest BCUT2D eigenvalue weighted by atomic mass is 19.1. The predicted octanol–water partition coefficient (Wildman–Crippen LogP) is 6.59. The first-order valence-electron chi connectivity index (χ1n) is 15.1. The lowest BCUT2D eigenvalue weighted by Gasteiger charge is -2.39. The molecule has 1 fully saturated rings. The number of likely N-dealkylation sites (tertiary alicyclic amines) is 1. The second kappa shape index (κ2) is 12.2. The highest BCUT2D eigenvalue weighted by Gasteiger charge is 2.36. The van der Waals surface area contributed by atoms with Gasteiger partial charge < -0.3 is 14.7 Å². The van der Waals surface area contributed by atoms with Gasteiger partial charge in [0, 0.05) is 42.8 Å². The number of pyridine rings is 1. The number of ether oxygens (including phenoxy) is 1. The second-order valence-electron chi connectivity index (χ2n) is 12.5. The Morgan fingerprint density at radius 2 is 1.83 bits per heavy atom. The zero-order chi connectivity index (χ0) is 32.6. The number of aryl methyl sites for hydroxylation is 1. The quantitative estimate of drug-likeness (QED) is 0.235. The number of phenolic OH excluding ortho intramolecular Hbond substituents is 1. The van der Waals surface area contributed by atoms with Crippen LogP contribution in [0.1, 0.15) is 44.0 Å². The van der Waals surface area contributed by atoms with Crippen LogP contribution in [0, 0.1) is 5.82 Å². The molecule has 1 N–H and O–H groups in total. The van der Waals surface area contributed by atoms with Crippen LogP contribution in [-0.2, 0) is 11.8 Å². The Kier molecular flexibility index (Phi) is 8.16. The van der Waals surface area contributed by atoms with Gasteiger partial charge in [-0.2, -0.15) is 0 Å². The van der Waals surface area contributed by atoms with E-state index in [9.17, 15) is 14.7 Å². The Hall–Kier alpha value is -5.32. The fourth-order valence-electron chi connectivity index (χ4n) is 5.79. The van der Waals surface area contributed by atoms with E-state index in [2.05, 4.69) is 15.3 Å². The van der Waals surface area contributed by atoms with Crippen LogP contribution in [0.5, 0.6) is 5.75 Å². The van der Waals surface area contributed by atoms with Gasteiger partial charge in [0.1, 0.15) is 28.7 Å². The van der Waals surface area contributed by atoms with Gasteiger partial charge in [0.2, 0.25) is 0 Å². The van der Waals surface area contributed by atoms with Crippen LogP contribution in [0.25, 0.3) is 33.2 Å². The fourth-order valence-corrected chi connectivity index (χ4v) is 5.79. The molecule has 2 aromatic heterocycles. The lowest BCUT2D eigenvalue weighted by atomic mass is 9.99. The molecule has 3 heterocycles. The van der Waals surface area contributed by atoms with Gasteiger partial charge in [0.15, 0.2) is 0 Å². The van der Waals surface area contributed by atoms with E-state index in [1.807, 2.05) is 36.4 Å². The number of phenols is 1. The number of halogens is 1. The Morgan fingerprint density at radius 1 is 1.04 bits per heavy atom. The number of fused-ring (bicyclic) bond motifs is 1. The van der Waals surface area contributed by atoms with Crippen LogP contribution in [0.3, 0.4) is 0 Å². The minimum absolute atomic E-state index is 0.133. The van der Waals surface area contributed by atoms with Gasteiger partial charge >= 0.3 is 6.09 Å². The fraction of sp³-hybridized carbons (Fsp3) is 0.286. The van der Waals surface area contributed by atoms with Crippen LogP contribution >= 0.6 is 0 Å². The molecule has 1 saturated heterocycles. The zero-order valence-electron chi connectivity index (χ0n) is 26.1. The third kappa shape index (κ3) is 6.26. The van der Waals surface area contributed by atoms with Gasteiger partial charge in [-0.1, -0.05) is 41.6 Å². The molecule has 2 amide bonds. The molecule has 1 aliphatic heterocycles. The Balaban J connectivity index is 1.43. The van der Waals surface area contributed by atoms with Gasteiger partial charge in [-0.15, -0.1) is 5.10 Å². The number of amides is 2. The van der Waals surface area contributed by atoms with E-state index in [4.69, 9.17) is 4.74 Å². The summed E-state index contributed by atoms with van der Waals surface area (Å²) in [4.78, 5) is 35.3. The molecule has 5 aromatic rings. The molecule has 3 aromatic carbocycles. The Bertz CT molecular complexity index is 1930. The molecule has 10 nitrogen and oxygen atoms in total. The van der Waals surface area contributed by atoms with E-state index < -0.39 is 29.5 Å². The molecule has 0 unspecified atom stereocenters. The summed E-state index contributed by atoms with van der Waals surface area (Å²) in [5.74, 6) is -0.790. The van der Waals surface area contributed by atoms with Crippen molar-refractivity contribution < 1.29 is 23.8 Å². The van der Waals surface area contributed by atoms with Crippen LogP contribution in [0.15, 0.2) is 79.1 Å². The summed E-state index contributed by atoms with van der Waals surface area (Å²) in [7, 11) is 1.72. The van der Waals surface area contributed by atoms with Gasteiger partial charge in [-0.25, -0.2) is 14.2 Å². The predicted molar refractivity (Wildman–Crippen MR) is 173 cm³/mol. The SMILES string of the molecule is Cn1cc(-c2ccc(C(=O)N(c3nccc4cc(-c5ccccc5O)ccc34)[C@@H]3CCCN(C(=O)OC(C)(C)C)C3)c(F)c2)nn1. The van der Waals surface area contributed by atoms with E-state index in [1.165, 1.54) is 21.7 Å². The first kappa shape index (κ1) is 30.7. The molecule has 46 heavy (non-hydrogen) atoms. The van der Waals surface area contributed by atoms with Crippen molar-refractivity contribution in [3.05, 3.63) is 90.5 Å².